The van der Waals surface area contributed by atoms with Gasteiger partial charge < -0.3 is 18.9 Å². The number of esters is 2. The molecule has 0 aliphatic rings. The highest BCUT2D eigenvalue weighted by molar-refractivity contribution is 5.98. The highest BCUT2D eigenvalue weighted by Crippen LogP contribution is 2.24. The molecule has 0 atom stereocenters. The van der Waals surface area contributed by atoms with Crippen molar-refractivity contribution in [1.82, 2.24) is 4.98 Å². The van der Waals surface area contributed by atoms with Gasteiger partial charge in [-0.25, -0.2) is 14.4 Å². The maximum Gasteiger partial charge on any atom is 0.355 e. The molecule has 2 heterocycles. The molecular weight excluding hydrogens is 362 g/mol. The first-order valence-corrected chi connectivity index (χ1v) is 8.72. The highest BCUT2D eigenvalue weighted by atomic mass is 16.5. The van der Waals surface area contributed by atoms with Gasteiger partial charge in [-0.2, -0.15) is 0 Å². The predicted molar refractivity (Wildman–Crippen MR) is 103 cm³/mol. The van der Waals surface area contributed by atoms with Gasteiger partial charge in [-0.1, -0.05) is 12.1 Å². The average Bonchev–Trinajstić information content (AvgIpc) is 2.96. The number of hydrogen-bond acceptors (Lipinski definition) is 6. The maximum absolute atomic E-state index is 12.6. The number of H-pyrrole nitrogens is 1. The largest absolute Gasteiger partial charge is 0.465 e. The van der Waals surface area contributed by atoms with Gasteiger partial charge in [0.25, 0.3) is 0 Å². The fourth-order valence-electron chi connectivity index (χ4n) is 3.22. The summed E-state index contributed by atoms with van der Waals surface area (Å²) in [4.78, 5) is 39.2. The summed E-state index contributed by atoms with van der Waals surface area (Å²) in [5.74, 6) is -1.15. The van der Waals surface area contributed by atoms with Crippen molar-refractivity contribution in [2.75, 3.05) is 7.11 Å². The minimum Gasteiger partial charge on any atom is -0.465 e. The molecule has 2 aromatic heterocycles. The van der Waals surface area contributed by atoms with Crippen LogP contribution in [0, 0.1) is 27.7 Å². The van der Waals surface area contributed by atoms with Crippen LogP contribution in [-0.2, 0) is 16.1 Å². The summed E-state index contributed by atoms with van der Waals surface area (Å²) in [6.45, 7) is 7.02. The van der Waals surface area contributed by atoms with E-state index in [1.807, 2.05) is 26.0 Å². The number of aromatic nitrogens is 1. The van der Waals surface area contributed by atoms with Crippen LogP contribution >= 0.6 is 0 Å². The second kappa shape index (κ2) is 7.34. The number of fused-ring (bicyclic) bond motifs is 1. The third kappa shape index (κ3) is 3.31. The van der Waals surface area contributed by atoms with Gasteiger partial charge in [-0.3, -0.25) is 0 Å². The average molecular weight is 383 g/mol. The Kier molecular flexibility index (Phi) is 5.09. The highest BCUT2D eigenvalue weighted by Gasteiger charge is 2.23. The Morgan fingerprint density at radius 1 is 1.07 bits per heavy atom. The standard InChI is InChI=1S/C21H21NO6/c1-10-6-7-15-14(8-16(23)28-19(15)11(10)2)9-27-21(25)18-12(3)17(13(4)22-18)20(24)26-5/h6-8,22H,9H2,1-5H3. The minimum absolute atomic E-state index is 0.103. The fraction of sp³-hybridized carbons (Fsp3) is 0.286. The van der Waals surface area contributed by atoms with Gasteiger partial charge in [0.05, 0.1) is 12.7 Å². The van der Waals surface area contributed by atoms with Gasteiger partial charge in [0, 0.05) is 22.7 Å². The summed E-state index contributed by atoms with van der Waals surface area (Å²) in [7, 11) is 1.28. The molecule has 0 saturated heterocycles. The Bertz CT molecular complexity index is 1150. The Balaban J connectivity index is 1.91. The van der Waals surface area contributed by atoms with Crippen molar-refractivity contribution in [1.29, 1.82) is 0 Å². The Hall–Kier alpha value is -3.35. The van der Waals surface area contributed by atoms with E-state index in [-0.39, 0.29) is 12.3 Å². The molecule has 0 aliphatic heterocycles. The van der Waals surface area contributed by atoms with Gasteiger partial charge >= 0.3 is 17.6 Å². The summed E-state index contributed by atoms with van der Waals surface area (Å²) >= 11 is 0. The number of carbonyl (C=O) groups is 2. The van der Waals surface area contributed by atoms with Crippen molar-refractivity contribution in [2.24, 2.45) is 0 Å². The van der Waals surface area contributed by atoms with Crippen LogP contribution in [0.5, 0.6) is 0 Å². The molecule has 0 unspecified atom stereocenters. The van der Waals surface area contributed by atoms with E-state index in [1.54, 1.807) is 13.8 Å². The van der Waals surface area contributed by atoms with Gasteiger partial charge in [0.2, 0.25) is 0 Å². The zero-order valence-corrected chi connectivity index (χ0v) is 16.4. The third-order valence-corrected chi connectivity index (χ3v) is 4.91. The van der Waals surface area contributed by atoms with E-state index in [2.05, 4.69) is 4.98 Å². The van der Waals surface area contributed by atoms with E-state index in [0.29, 0.717) is 33.4 Å². The summed E-state index contributed by atoms with van der Waals surface area (Å²) in [6, 6.07) is 5.07. The second-order valence-electron chi connectivity index (χ2n) is 6.67. The van der Waals surface area contributed by atoms with Crippen LogP contribution in [0.4, 0.5) is 0 Å². The first kappa shape index (κ1) is 19.4. The normalized spacial score (nSPS) is 10.9. The van der Waals surface area contributed by atoms with Crippen LogP contribution in [-0.4, -0.2) is 24.0 Å². The molecule has 0 spiro atoms. The quantitative estimate of drug-likeness (QED) is 0.547. The lowest BCUT2D eigenvalue weighted by atomic mass is 10.0. The topological polar surface area (TPSA) is 98.6 Å². The Morgan fingerprint density at radius 3 is 2.46 bits per heavy atom. The van der Waals surface area contributed by atoms with E-state index in [1.165, 1.54) is 13.2 Å². The molecule has 28 heavy (non-hydrogen) atoms. The van der Waals surface area contributed by atoms with Gasteiger partial charge in [-0.05, 0) is 44.4 Å². The lowest BCUT2D eigenvalue weighted by Gasteiger charge is -2.09. The fourth-order valence-corrected chi connectivity index (χ4v) is 3.22. The number of aryl methyl sites for hydroxylation is 3. The number of ether oxygens (including phenoxy) is 2. The van der Waals surface area contributed by atoms with Crippen molar-refractivity contribution in [3.05, 3.63) is 67.8 Å². The molecule has 146 valence electrons. The van der Waals surface area contributed by atoms with Crippen LogP contribution < -0.4 is 5.63 Å². The molecule has 0 aliphatic carbocycles. The number of hydrogen-bond donors (Lipinski definition) is 1. The van der Waals surface area contributed by atoms with Crippen LogP contribution in [0.15, 0.2) is 27.4 Å². The molecule has 1 N–H and O–H groups in total. The van der Waals surface area contributed by atoms with Crippen LogP contribution in [0.25, 0.3) is 11.0 Å². The van der Waals surface area contributed by atoms with Crippen molar-refractivity contribution >= 4 is 22.9 Å². The van der Waals surface area contributed by atoms with E-state index in [9.17, 15) is 14.4 Å². The third-order valence-electron chi connectivity index (χ3n) is 4.91. The smallest absolute Gasteiger partial charge is 0.355 e. The molecule has 7 nitrogen and oxygen atoms in total. The number of benzene rings is 1. The first-order chi connectivity index (χ1) is 13.2. The number of nitrogens with one attached hydrogen (secondary N) is 1. The lowest BCUT2D eigenvalue weighted by Crippen LogP contribution is -2.10. The van der Waals surface area contributed by atoms with E-state index in [4.69, 9.17) is 13.9 Å². The van der Waals surface area contributed by atoms with Crippen LogP contribution in [0.1, 0.15) is 48.8 Å². The van der Waals surface area contributed by atoms with Gasteiger partial charge in [0.15, 0.2) is 0 Å². The summed E-state index contributed by atoms with van der Waals surface area (Å²) in [5.41, 5.74) is 3.86. The SMILES string of the molecule is COC(=O)c1c(C)[nH]c(C(=O)OCc2cc(=O)oc3c(C)c(C)ccc23)c1C. The lowest BCUT2D eigenvalue weighted by molar-refractivity contribution is 0.0466. The van der Waals surface area contributed by atoms with Crippen molar-refractivity contribution in [2.45, 2.75) is 34.3 Å². The summed E-state index contributed by atoms with van der Waals surface area (Å²) in [6.07, 6.45) is 0. The van der Waals surface area contributed by atoms with E-state index in [0.717, 1.165) is 11.1 Å². The zero-order valence-electron chi connectivity index (χ0n) is 16.4. The van der Waals surface area contributed by atoms with Gasteiger partial charge in [-0.15, -0.1) is 0 Å². The van der Waals surface area contributed by atoms with Crippen molar-refractivity contribution < 1.29 is 23.5 Å². The predicted octanol–water partition coefficient (Wildman–Crippen LogP) is 3.50. The first-order valence-electron chi connectivity index (χ1n) is 8.72. The zero-order chi connectivity index (χ0) is 20.6. The Morgan fingerprint density at radius 2 is 1.79 bits per heavy atom. The van der Waals surface area contributed by atoms with Crippen LogP contribution in [0.3, 0.4) is 0 Å². The van der Waals surface area contributed by atoms with Crippen molar-refractivity contribution in [3.63, 3.8) is 0 Å². The molecule has 0 bridgehead atoms. The number of aromatic amines is 1. The molecule has 3 rings (SSSR count). The summed E-state index contributed by atoms with van der Waals surface area (Å²) in [5, 5.41) is 0.713. The molecular formula is C21H21NO6. The van der Waals surface area contributed by atoms with Crippen LogP contribution in [0.2, 0.25) is 0 Å². The van der Waals surface area contributed by atoms with E-state index >= 15 is 0 Å². The Labute approximate surface area is 161 Å². The monoisotopic (exact) mass is 383 g/mol. The molecule has 0 fully saturated rings. The maximum atomic E-state index is 12.6. The second-order valence-corrected chi connectivity index (χ2v) is 6.67. The molecule has 0 amide bonds. The van der Waals surface area contributed by atoms with Gasteiger partial charge in [0.1, 0.15) is 17.9 Å². The van der Waals surface area contributed by atoms with Crippen molar-refractivity contribution in [3.8, 4) is 0 Å². The molecule has 7 heteroatoms. The molecule has 0 radical (unpaired) electrons. The molecule has 1 aromatic carbocycles. The minimum atomic E-state index is -0.624. The van der Waals surface area contributed by atoms with E-state index < -0.39 is 17.6 Å². The number of carbonyl (C=O) groups excluding carboxylic acids is 2. The molecule has 3 aromatic rings. The summed E-state index contributed by atoms with van der Waals surface area (Å²) < 4.78 is 15.5. The number of methoxy groups -OCH3 is 1. The number of rotatable bonds is 4. The molecule has 0 saturated carbocycles.